The summed E-state index contributed by atoms with van der Waals surface area (Å²) in [6.45, 7) is 1.46. The number of ether oxygens (including phenoxy) is 1. The van der Waals surface area contributed by atoms with E-state index < -0.39 is 0 Å². The van der Waals surface area contributed by atoms with Gasteiger partial charge in [-0.05, 0) is 36.8 Å². The lowest BCUT2D eigenvalue weighted by Crippen LogP contribution is -2.33. The van der Waals surface area contributed by atoms with Gasteiger partial charge in [0.05, 0.1) is 17.1 Å². The molecule has 24 heavy (non-hydrogen) atoms. The van der Waals surface area contributed by atoms with Crippen LogP contribution in [0.15, 0.2) is 54.1 Å². The minimum absolute atomic E-state index is 0.0943. The Morgan fingerprint density at radius 2 is 2.17 bits per heavy atom. The molecule has 2 atom stereocenters. The number of benzene rings is 1. The third-order valence-electron chi connectivity index (χ3n) is 4.36. The molecule has 1 amide bonds. The summed E-state index contributed by atoms with van der Waals surface area (Å²) in [5.74, 6) is 0.564. The largest absolute Gasteiger partial charge is 0.376 e. The van der Waals surface area contributed by atoms with Crippen molar-refractivity contribution < 1.29 is 9.53 Å². The molecule has 1 aliphatic heterocycles. The Morgan fingerprint density at radius 1 is 1.29 bits per heavy atom. The number of thioether (sulfide) groups is 1. The van der Waals surface area contributed by atoms with Crippen LogP contribution in [0.2, 0.25) is 0 Å². The maximum absolute atomic E-state index is 12.2. The molecule has 1 heterocycles. The second-order valence-electron chi connectivity index (χ2n) is 6.22. The Kier molecular flexibility index (Phi) is 6.56. The van der Waals surface area contributed by atoms with Crippen molar-refractivity contribution in [3.8, 4) is 0 Å². The van der Waals surface area contributed by atoms with Crippen molar-refractivity contribution in [1.29, 1.82) is 0 Å². The van der Waals surface area contributed by atoms with Crippen LogP contribution in [0.3, 0.4) is 0 Å². The van der Waals surface area contributed by atoms with Crippen LogP contribution in [0.1, 0.15) is 36.5 Å². The first-order valence-corrected chi connectivity index (χ1v) is 9.79. The molecule has 1 N–H and O–H groups in total. The summed E-state index contributed by atoms with van der Waals surface area (Å²) in [6, 6.07) is 10.4. The summed E-state index contributed by atoms with van der Waals surface area (Å²) in [4.78, 5) is 12.2. The molecule has 0 aromatic heterocycles. The topological polar surface area (TPSA) is 38.3 Å². The van der Waals surface area contributed by atoms with Gasteiger partial charge in [0.25, 0.3) is 0 Å². The second kappa shape index (κ2) is 9.09. The fourth-order valence-electron chi connectivity index (χ4n) is 3.08. The molecule has 2 aliphatic rings. The van der Waals surface area contributed by atoms with E-state index in [1.807, 2.05) is 6.07 Å². The molecule has 2 unspecified atom stereocenters. The highest BCUT2D eigenvalue weighted by Crippen LogP contribution is 2.37. The molecule has 1 saturated heterocycles. The molecule has 1 aromatic carbocycles. The van der Waals surface area contributed by atoms with Crippen LogP contribution in [0.4, 0.5) is 0 Å². The molecule has 1 aliphatic carbocycles. The first-order valence-electron chi connectivity index (χ1n) is 8.74. The van der Waals surface area contributed by atoms with E-state index in [1.54, 1.807) is 11.8 Å². The third kappa shape index (κ3) is 4.99. The lowest BCUT2D eigenvalue weighted by molar-refractivity contribution is -0.119. The Morgan fingerprint density at radius 3 is 2.88 bits per heavy atom. The average molecular weight is 343 g/mol. The van der Waals surface area contributed by atoms with E-state index in [9.17, 15) is 4.79 Å². The van der Waals surface area contributed by atoms with Crippen LogP contribution < -0.4 is 5.32 Å². The minimum Gasteiger partial charge on any atom is -0.376 e. The van der Waals surface area contributed by atoms with Crippen molar-refractivity contribution in [2.75, 3.05) is 18.9 Å². The number of rotatable bonds is 7. The lowest BCUT2D eigenvalue weighted by atomic mass is 9.99. The van der Waals surface area contributed by atoms with E-state index in [-0.39, 0.29) is 17.3 Å². The first-order chi connectivity index (χ1) is 11.8. The van der Waals surface area contributed by atoms with Crippen LogP contribution in [-0.2, 0) is 9.53 Å². The summed E-state index contributed by atoms with van der Waals surface area (Å²) >= 11 is 1.70. The summed E-state index contributed by atoms with van der Waals surface area (Å²) in [7, 11) is 0. The minimum atomic E-state index is 0.0943. The van der Waals surface area contributed by atoms with E-state index in [0.717, 1.165) is 32.3 Å². The van der Waals surface area contributed by atoms with Gasteiger partial charge in [-0.25, -0.2) is 0 Å². The van der Waals surface area contributed by atoms with Gasteiger partial charge in [0.2, 0.25) is 5.91 Å². The molecule has 1 aromatic rings. The Labute approximate surface area is 148 Å². The standard InChI is InChI=1S/C20H25NO2S/c22-19(21-14-18-12-7-13-23-18)15-24-20(16-8-3-1-4-9-16)17-10-5-2-6-11-17/h1,3-5,8-11,18,20H,2,6-7,12-15H2,(H,21,22). The van der Waals surface area contributed by atoms with E-state index in [1.165, 1.54) is 11.1 Å². The van der Waals surface area contributed by atoms with Gasteiger partial charge >= 0.3 is 0 Å². The molecule has 0 saturated carbocycles. The van der Waals surface area contributed by atoms with Gasteiger partial charge in [-0.3, -0.25) is 4.79 Å². The second-order valence-corrected chi connectivity index (χ2v) is 7.32. The maximum Gasteiger partial charge on any atom is 0.230 e. The Bertz CT molecular complexity index is 591. The average Bonchev–Trinajstić information content (AvgIpc) is 3.16. The molecule has 1 fully saturated rings. The summed E-state index contributed by atoms with van der Waals surface area (Å²) < 4.78 is 5.55. The van der Waals surface area contributed by atoms with Crippen molar-refractivity contribution in [2.24, 2.45) is 0 Å². The molecule has 4 heteroatoms. The van der Waals surface area contributed by atoms with Crippen LogP contribution in [0.25, 0.3) is 0 Å². The number of amides is 1. The van der Waals surface area contributed by atoms with E-state index in [0.29, 0.717) is 12.3 Å². The number of hydrogen-bond acceptors (Lipinski definition) is 3. The van der Waals surface area contributed by atoms with Gasteiger partial charge in [-0.1, -0.05) is 48.6 Å². The van der Waals surface area contributed by atoms with E-state index in [2.05, 4.69) is 47.8 Å². The van der Waals surface area contributed by atoms with Gasteiger partial charge < -0.3 is 10.1 Å². The van der Waals surface area contributed by atoms with Crippen molar-refractivity contribution in [1.82, 2.24) is 5.32 Å². The highest BCUT2D eigenvalue weighted by Gasteiger charge is 2.19. The Balaban J connectivity index is 1.56. The maximum atomic E-state index is 12.2. The zero-order valence-electron chi connectivity index (χ0n) is 13.9. The van der Waals surface area contributed by atoms with Gasteiger partial charge in [-0.15, -0.1) is 11.8 Å². The monoisotopic (exact) mass is 343 g/mol. The van der Waals surface area contributed by atoms with Crippen molar-refractivity contribution >= 4 is 17.7 Å². The predicted octanol–water partition coefficient (Wildman–Crippen LogP) is 4.03. The van der Waals surface area contributed by atoms with Gasteiger partial charge in [0, 0.05) is 13.2 Å². The third-order valence-corrected chi connectivity index (χ3v) is 5.67. The molecule has 3 rings (SSSR count). The van der Waals surface area contributed by atoms with Gasteiger partial charge in [0.15, 0.2) is 0 Å². The summed E-state index contributed by atoms with van der Waals surface area (Å²) in [6.07, 6.45) is 11.3. The highest BCUT2D eigenvalue weighted by molar-refractivity contribution is 8.00. The number of hydrogen-bond donors (Lipinski definition) is 1. The van der Waals surface area contributed by atoms with E-state index >= 15 is 0 Å². The normalized spacial score (nSPS) is 21.3. The number of carbonyl (C=O) groups is 1. The van der Waals surface area contributed by atoms with Crippen LogP contribution in [0, 0.1) is 0 Å². The quantitative estimate of drug-likeness (QED) is 0.812. The van der Waals surface area contributed by atoms with Gasteiger partial charge in [0.1, 0.15) is 0 Å². The fraction of sp³-hybridized carbons (Fsp3) is 0.450. The van der Waals surface area contributed by atoms with Gasteiger partial charge in [-0.2, -0.15) is 0 Å². The molecule has 0 radical (unpaired) electrons. The molecule has 0 bridgehead atoms. The number of nitrogens with one attached hydrogen (secondary N) is 1. The number of allylic oxidation sites excluding steroid dienone is 3. The predicted molar refractivity (Wildman–Crippen MR) is 100 cm³/mol. The van der Waals surface area contributed by atoms with E-state index in [4.69, 9.17) is 4.74 Å². The van der Waals surface area contributed by atoms with Crippen molar-refractivity contribution in [3.63, 3.8) is 0 Å². The van der Waals surface area contributed by atoms with Crippen LogP contribution in [0.5, 0.6) is 0 Å². The summed E-state index contributed by atoms with van der Waals surface area (Å²) in [5, 5.41) is 3.23. The molecule has 3 nitrogen and oxygen atoms in total. The number of carbonyl (C=O) groups excluding carboxylic acids is 1. The SMILES string of the molecule is O=C(CSC(C1=CCCC=C1)c1ccccc1)NCC1CCCO1. The molecule has 0 spiro atoms. The fourth-order valence-corrected chi connectivity index (χ4v) is 4.22. The summed E-state index contributed by atoms with van der Waals surface area (Å²) in [5.41, 5.74) is 2.57. The zero-order valence-corrected chi connectivity index (χ0v) is 14.8. The first kappa shape index (κ1) is 17.3. The van der Waals surface area contributed by atoms with Crippen LogP contribution >= 0.6 is 11.8 Å². The molecule has 128 valence electrons. The van der Waals surface area contributed by atoms with Crippen molar-refractivity contribution in [2.45, 2.75) is 37.0 Å². The Hall–Kier alpha value is -1.52. The zero-order chi connectivity index (χ0) is 16.6. The smallest absolute Gasteiger partial charge is 0.230 e. The lowest BCUT2D eigenvalue weighted by Gasteiger charge is -2.20. The van der Waals surface area contributed by atoms with Crippen LogP contribution in [-0.4, -0.2) is 30.9 Å². The molecular formula is C20H25NO2S. The highest BCUT2D eigenvalue weighted by atomic mass is 32.2. The van der Waals surface area contributed by atoms with Crippen molar-refractivity contribution in [3.05, 3.63) is 59.7 Å². The molecular weight excluding hydrogens is 318 g/mol.